The van der Waals surface area contributed by atoms with Gasteiger partial charge in [-0.3, -0.25) is 20.4 Å². The number of thiocarbonyl (C=S) groups is 1. The maximum atomic E-state index is 11.7. The first-order valence-electron chi connectivity index (χ1n) is 7.06. The van der Waals surface area contributed by atoms with Crippen molar-refractivity contribution in [1.29, 1.82) is 0 Å². The summed E-state index contributed by atoms with van der Waals surface area (Å²) < 4.78 is 5.46. The molecule has 2 amide bonds. The lowest BCUT2D eigenvalue weighted by Gasteiger charge is -2.12. The molecule has 0 unspecified atom stereocenters. The number of nitrogens with one attached hydrogen (secondary N) is 3. The Morgan fingerprint density at radius 1 is 1.27 bits per heavy atom. The van der Waals surface area contributed by atoms with Gasteiger partial charge in [-0.1, -0.05) is 12.1 Å². The molecular weight excluding hydrogens is 302 g/mol. The highest BCUT2D eigenvalue weighted by Gasteiger charge is 2.30. The average Bonchev–Trinajstić information content (AvgIpc) is 3.31. The number of ether oxygens (including phenoxy) is 1. The molecule has 0 aliphatic heterocycles. The second-order valence-corrected chi connectivity index (χ2v) is 5.66. The Balaban J connectivity index is 1.70. The van der Waals surface area contributed by atoms with Gasteiger partial charge in [0.25, 0.3) is 5.91 Å². The topological polar surface area (TPSA) is 79.5 Å². The molecule has 1 aliphatic carbocycles. The summed E-state index contributed by atoms with van der Waals surface area (Å²) in [5, 5.41) is 2.59. The number of amides is 2. The molecule has 1 aliphatic rings. The molecule has 0 heterocycles. The predicted octanol–water partition coefficient (Wildman–Crippen LogP) is 1.11. The van der Waals surface area contributed by atoms with Crippen LogP contribution in [0.3, 0.4) is 0 Å². The summed E-state index contributed by atoms with van der Waals surface area (Å²) >= 11 is 4.91. The van der Waals surface area contributed by atoms with Gasteiger partial charge in [0.1, 0.15) is 5.75 Å². The van der Waals surface area contributed by atoms with E-state index in [2.05, 4.69) is 16.2 Å². The van der Waals surface area contributed by atoms with Gasteiger partial charge in [-0.25, -0.2) is 0 Å². The Labute approximate surface area is 134 Å². The van der Waals surface area contributed by atoms with E-state index in [1.54, 1.807) is 0 Å². The van der Waals surface area contributed by atoms with Crippen molar-refractivity contribution < 1.29 is 14.3 Å². The SMILES string of the molecule is Cc1cccc(OCC(=O)NNC(=S)NC(=O)C2CC2)c1C. The van der Waals surface area contributed by atoms with Crippen LogP contribution in [0, 0.1) is 19.8 Å². The van der Waals surface area contributed by atoms with E-state index in [1.807, 2.05) is 32.0 Å². The number of rotatable bonds is 4. The van der Waals surface area contributed by atoms with Crippen LogP contribution in [0.25, 0.3) is 0 Å². The van der Waals surface area contributed by atoms with Crippen LogP contribution in [-0.2, 0) is 9.59 Å². The zero-order chi connectivity index (χ0) is 16.1. The third kappa shape index (κ3) is 4.70. The van der Waals surface area contributed by atoms with Crippen molar-refractivity contribution in [3.8, 4) is 5.75 Å². The molecule has 1 saturated carbocycles. The van der Waals surface area contributed by atoms with E-state index in [0.717, 1.165) is 24.0 Å². The van der Waals surface area contributed by atoms with Gasteiger partial charge in [0.05, 0.1) is 0 Å². The van der Waals surface area contributed by atoms with Crippen LogP contribution in [0.1, 0.15) is 24.0 Å². The highest BCUT2D eigenvalue weighted by atomic mass is 32.1. The Morgan fingerprint density at radius 3 is 2.68 bits per heavy atom. The smallest absolute Gasteiger partial charge is 0.276 e. The van der Waals surface area contributed by atoms with Gasteiger partial charge in [0, 0.05) is 5.92 Å². The molecule has 0 atom stereocenters. The molecule has 3 N–H and O–H groups in total. The number of carbonyl (C=O) groups excluding carboxylic acids is 2. The Kier molecular flexibility index (Phi) is 5.32. The van der Waals surface area contributed by atoms with Crippen LogP contribution in [-0.4, -0.2) is 23.5 Å². The van der Waals surface area contributed by atoms with Gasteiger partial charge in [0.2, 0.25) is 5.91 Å². The fourth-order valence-corrected chi connectivity index (χ4v) is 1.93. The standard InChI is InChI=1S/C15H19N3O3S/c1-9-4-3-5-12(10(9)2)21-8-13(19)17-18-15(22)16-14(20)11-6-7-11/h3-5,11H,6-8H2,1-2H3,(H,17,19)(H2,16,18,20,22). The van der Waals surface area contributed by atoms with Crippen LogP contribution < -0.4 is 20.9 Å². The van der Waals surface area contributed by atoms with E-state index in [-0.39, 0.29) is 29.5 Å². The number of aryl methyl sites for hydroxylation is 1. The molecule has 7 heteroatoms. The lowest BCUT2D eigenvalue weighted by Crippen LogP contribution is -2.50. The highest BCUT2D eigenvalue weighted by molar-refractivity contribution is 7.80. The molecule has 2 rings (SSSR count). The molecule has 1 aromatic carbocycles. The first-order chi connectivity index (χ1) is 10.5. The molecule has 0 spiro atoms. The number of hydrazine groups is 1. The van der Waals surface area contributed by atoms with E-state index in [1.165, 1.54) is 0 Å². The summed E-state index contributed by atoms with van der Waals surface area (Å²) in [6.07, 6.45) is 1.79. The maximum absolute atomic E-state index is 11.7. The largest absolute Gasteiger partial charge is 0.483 e. The summed E-state index contributed by atoms with van der Waals surface area (Å²) in [4.78, 5) is 23.1. The summed E-state index contributed by atoms with van der Waals surface area (Å²) in [6, 6.07) is 5.66. The molecule has 6 nitrogen and oxygen atoms in total. The lowest BCUT2D eigenvalue weighted by atomic mass is 10.1. The molecule has 0 radical (unpaired) electrons. The summed E-state index contributed by atoms with van der Waals surface area (Å²) in [7, 11) is 0. The van der Waals surface area contributed by atoms with E-state index in [9.17, 15) is 9.59 Å². The van der Waals surface area contributed by atoms with Crippen molar-refractivity contribution in [1.82, 2.24) is 16.2 Å². The number of hydrogen-bond acceptors (Lipinski definition) is 4. The van der Waals surface area contributed by atoms with E-state index in [4.69, 9.17) is 17.0 Å². The first kappa shape index (κ1) is 16.2. The van der Waals surface area contributed by atoms with Gasteiger partial charge in [-0.2, -0.15) is 0 Å². The van der Waals surface area contributed by atoms with Crippen molar-refractivity contribution in [2.75, 3.05) is 6.61 Å². The third-order valence-electron chi connectivity index (χ3n) is 3.41. The van der Waals surface area contributed by atoms with Gasteiger partial charge in [-0.15, -0.1) is 0 Å². The van der Waals surface area contributed by atoms with Gasteiger partial charge in [0.15, 0.2) is 11.7 Å². The molecule has 0 bridgehead atoms. The van der Waals surface area contributed by atoms with Crippen LogP contribution >= 0.6 is 12.2 Å². The predicted molar refractivity (Wildman–Crippen MR) is 86.2 cm³/mol. The zero-order valence-corrected chi connectivity index (χ0v) is 13.4. The van der Waals surface area contributed by atoms with Crippen LogP contribution in [0.15, 0.2) is 18.2 Å². The molecule has 22 heavy (non-hydrogen) atoms. The Hall–Kier alpha value is -2.15. The van der Waals surface area contributed by atoms with Crippen molar-refractivity contribution in [3.05, 3.63) is 29.3 Å². The fraction of sp³-hybridized carbons (Fsp3) is 0.400. The van der Waals surface area contributed by atoms with Crippen LogP contribution in [0.2, 0.25) is 0 Å². The minimum Gasteiger partial charge on any atom is -0.483 e. The van der Waals surface area contributed by atoms with E-state index >= 15 is 0 Å². The van der Waals surface area contributed by atoms with Gasteiger partial charge < -0.3 is 10.1 Å². The zero-order valence-electron chi connectivity index (χ0n) is 12.6. The molecule has 1 aromatic rings. The Bertz CT molecular complexity index is 600. The second kappa shape index (κ2) is 7.22. The number of hydrogen-bond donors (Lipinski definition) is 3. The van der Waals surface area contributed by atoms with Crippen LogP contribution in [0.4, 0.5) is 0 Å². The number of benzene rings is 1. The third-order valence-corrected chi connectivity index (χ3v) is 3.62. The monoisotopic (exact) mass is 321 g/mol. The normalized spacial score (nSPS) is 13.2. The van der Waals surface area contributed by atoms with Crippen molar-refractivity contribution in [2.45, 2.75) is 26.7 Å². The molecule has 0 aromatic heterocycles. The molecular formula is C15H19N3O3S. The van der Waals surface area contributed by atoms with E-state index < -0.39 is 0 Å². The van der Waals surface area contributed by atoms with Gasteiger partial charge >= 0.3 is 0 Å². The summed E-state index contributed by atoms with van der Waals surface area (Å²) in [5.74, 6) is 0.227. The Morgan fingerprint density at radius 2 is 2.00 bits per heavy atom. The number of carbonyl (C=O) groups is 2. The highest BCUT2D eigenvalue weighted by Crippen LogP contribution is 2.28. The minimum atomic E-state index is -0.385. The van der Waals surface area contributed by atoms with Crippen molar-refractivity contribution in [2.24, 2.45) is 5.92 Å². The summed E-state index contributed by atoms with van der Waals surface area (Å²) in [6.45, 7) is 3.77. The average molecular weight is 321 g/mol. The van der Waals surface area contributed by atoms with Crippen molar-refractivity contribution in [3.63, 3.8) is 0 Å². The fourth-order valence-electron chi connectivity index (χ4n) is 1.78. The molecule has 1 fully saturated rings. The summed E-state index contributed by atoms with van der Waals surface area (Å²) in [5.41, 5.74) is 6.95. The van der Waals surface area contributed by atoms with E-state index in [0.29, 0.717) is 5.75 Å². The minimum absolute atomic E-state index is 0.0584. The second-order valence-electron chi connectivity index (χ2n) is 5.25. The van der Waals surface area contributed by atoms with Gasteiger partial charge in [-0.05, 0) is 56.1 Å². The van der Waals surface area contributed by atoms with Crippen molar-refractivity contribution >= 4 is 29.1 Å². The quantitative estimate of drug-likeness (QED) is 0.572. The molecule has 118 valence electrons. The lowest BCUT2D eigenvalue weighted by molar-refractivity contribution is -0.124. The maximum Gasteiger partial charge on any atom is 0.276 e. The van der Waals surface area contributed by atoms with Crippen LogP contribution in [0.5, 0.6) is 5.75 Å². The molecule has 0 saturated heterocycles. The first-order valence-corrected chi connectivity index (χ1v) is 7.47.